The van der Waals surface area contributed by atoms with Crippen molar-refractivity contribution in [2.75, 3.05) is 13.1 Å². The van der Waals surface area contributed by atoms with Crippen LogP contribution in [0.15, 0.2) is 18.3 Å². The van der Waals surface area contributed by atoms with E-state index in [1.165, 1.54) is 12.3 Å². The average Bonchev–Trinajstić information content (AvgIpc) is 3.15. The van der Waals surface area contributed by atoms with Crippen LogP contribution < -0.4 is 10.1 Å². The second-order valence-corrected chi connectivity index (χ2v) is 6.30. The second kappa shape index (κ2) is 6.12. The first-order valence-corrected chi connectivity index (χ1v) is 8.16. The number of aryl methyl sites for hydroxylation is 1. The fourth-order valence-corrected chi connectivity index (χ4v) is 3.10. The summed E-state index contributed by atoms with van der Waals surface area (Å²) in [6.45, 7) is 1.67. The molecule has 0 bridgehead atoms. The smallest absolute Gasteiger partial charge is 0.234 e. The molecule has 2 N–H and O–H groups in total. The van der Waals surface area contributed by atoms with E-state index in [0.717, 1.165) is 25.6 Å². The fraction of sp³-hybridized carbons (Fsp3) is 0.312. The van der Waals surface area contributed by atoms with Gasteiger partial charge in [0.25, 0.3) is 0 Å². The van der Waals surface area contributed by atoms with E-state index in [0.29, 0.717) is 17.2 Å². The topological polar surface area (TPSA) is 85.1 Å². The number of fused-ring (bicyclic) bond motifs is 1. The summed E-state index contributed by atoms with van der Waals surface area (Å²) in [5.41, 5.74) is 0.726. The number of aromatic hydroxyl groups is 1. The molecule has 7 nitrogen and oxygen atoms in total. The zero-order valence-electron chi connectivity index (χ0n) is 13.3. The van der Waals surface area contributed by atoms with E-state index in [4.69, 9.17) is 16.3 Å². The zero-order valence-corrected chi connectivity index (χ0v) is 14.1. The Bertz CT molecular complexity index is 932. The highest BCUT2D eigenvalue weighted by atomic mass is 35.5. The number of nitrogens with one attached hydrogen (secondary N) is 1. The van der Waals surface area contributed by atoms with Gasteiger partial charge < -0.3 is 19.7 Å². The molecule has 0 amide bonds. The minimum atomic E-state index is -0.670. The molecule has 0 saturated carbocycles. The first-order valence-electron chi connectivity index (χ1n) is 7.78. The number of phenolic OH excluding ortho intramolecular Hbond substituents is 1. The van der Waals surface area contributed by atoms with E-state index in [2.05, 4.69) is 20.3 Å². The predicted octanol–water partition coefficient (Wildman–Crippen LogP) is 2.27. The molecule has 25 heavy (non-hydrogen) atoms. The Labute approximate surface area is 147 Å². The Morgan fingerprint density at radius 1 is 1.40 bits per heavy atom. The van der Waals surface area contributed by atoms with E-state index in [-0.39, 0.29) is 28.3 Å². The molecule has 2 aromatic heterocycles. The summed E-state index contributed by atoms with van der Waals surface area (Å²) >= 11 is 5.76. The van der Waals surface area contributed by atoms with Gasteiger partial charge in [0.2, 0.25) is 11.5 Å². The lowest BCUT2D eigenvalue weighted by Gasteiger charge is -2.10. The molecule has 3 heterocycles. The molecule has 1 aliphatic heterocycles. The third-order valence-corrected chi connectivity index (χ3v) is 4.34. The van der Waals surface area contributed by atoms with Gasteiger partial charge in [-0.15, -0.1) is 0 Å². The minimum absolute atomic E-state index is 0.0471. The summed E-state index contributed by atoms with van der Waals surface area (Å²) < 4.78 is 21.6. The minimum Gasteiger partial charge on any atom is -0.507 e. The van der Waals surface area contributed by atoms with Crippen molar-refractivity contribution in [2.24, 2.45) is 7.05 Å². The van der Waals surface area contributed by atoms with Crippen molar-refractivity contribution >= 4 is 22.9 Å². The van der Waals surface area contributed by atoms with Crippen LogP contribution in [0.25, 0.3) is 22.7 Å². The summed E-state index contributed by atoms with van der Waals surface area (Å²) in [7, 11) is 1.67. The Morgan fingerprint density at radius 2 is 2.24 bits per heavy atom. The van der Waals surface area contributed by atoms with Crippen LogP contribution in [0.3, 0.4) is 0 Å². The number of phenols is 1. The number of hydrogen-bond acceptors (Lipinski definition) is 6. The molecule has 9 heteroatoms. The van der Waals surface area contributed by atoms with Crippen LogP contribution in [0.2, 0.25) is 5.02 Å². The van der Waals surface area contributed by atoms with E-state index >= 15 is 0 Å². The summed E-state index contributed by atoms with van der Waals surface area (Å²) in [6.07, 6.45) is 2.47. The SMILES string of the molecule is Cn1c(-c2c(O)cc(Cl)cc2F)nc2nc(O[C@@H]3CCNC3)cnc21. The molecule has 0 unspecified atom stereocenters. The maximum absolute atomic E-state index is 14.3. The van der Waals surface area contributed by atoms with Gasteiger partial charge in [-0.1, -0.05) is 11.6 Å². The van der Waals surface area contributed by atoms with Crippen LogP contribution >= 0.6 is 11.6 Å². The van der Waals surface area contributed by atoms with Crippen molar-refractivity contribution in [3.63, 3.8) is 0 Å². The highest BCUT2D eigenvalue weighted by Crippen LogP contribution is 2.34. The number of rotatable bonds is 3. The molecule has 0 aliphatic carbocycles. The van der Waals surface area contributed by atoms with E-state index in [1.54, 1.807) is 11.6 Å². The van der Waals surface area contributed by atoms with Gasteiger partial charge in [-0.05, 0) is 25.1 Å². The van der Waals surface area contributed by atoms with Crippen molar-refractivity contribution < 1.29 is 14.2 Å². The molecule has 1 fully saturated rings. The van der Waals surface area contributed by atoms with Crippen LogP contribution in [-0.2, 0) is 7.05 Å². The molecule has 4 rings (SSSR count). The van der Waals surface area contributed by atoms with E-state index in [1.807, 2.05) is 0 Å². The van der Waals surface area contributed by atoms with Crippen LogP contribution in [-0.4, -0.2) is 43.8 Å². The summed E-state index contributed by atoms with van der Waals surface area (Å²) in [6, 6.07) is 2.39. The number of ether oxygens (including phenoxy) is 1. The van der Waals surface area contributed by atoms with Gasteiger partial charge in [0, 0.05) is 18.6 Å². The third-order valence-electron chi connectivity index (χ3n) is 4.12. The van der Waals surface area contributed by atoms with Gasteiger partial charge in [-0.2, -0.15) is 4.98 Å². The van der Waals surface area contributed by atoms with Crippen LogP contribution in [0, 0.1) is 5.82 Å². The van der Waals surface area contributed by atoms with Crippen molar-refractivity contribution in [1.29, 1.82) is 0 Å². The number of halogens is 2. The van der Waals surface area contributed by atoms with Crippen molar-refractivity contribution in [3.8, 4) is 23.0 Å². The highest BCUT2D eigenvalue weighted by Gasteiger charge is 2.21. The lowest BCUT2D eigenvalue weighted by atomic mass is 10.1. The van der Waals surface area contributed by atoms with Gasteiger partial charge in [-0.3, -0.25) is 0 Å². The third kappa shape index (κ3) is 2.87. The van der Waals surface area contributed by atoms with Gasteiger partial charge in [0.1, 0.15) is 17.7 Å². The molecule has 1 atom stereocenters. The number of hydrogen-bond donors (Lipinski definition) is 2. The maximum Gasteiger partial charge on any atom is 0.234 e. The van der Waals surface area contributed by atoms with Gasteiger partial charge in [0.05, 0.1) is 11.8 Å². The van der Waals surface area contributed by atoms with Crippen LogP contribution in [0.1, 0.15) is 6.42 Å². The number of benzene rings is 1. The molecule has 1 saturated heterocycles. The number of nitrogens with zero attached hydrogens (tertiary/aromatic N) is 4. The lowest BCUT2D eigenvalue weighted by molar-refractivity contribution is 0.214. The van der Waals surface area contributed by atoms with Crippen molar-refractivity contribution in [1.82, 2.24) is 24.8 Å². The molecule has 1 aromatic carbocycles. The lowest BCUT2D eigenvalue weighted by Crippen LogP contribution is -2.20. The normalized spacial score (nSPS) is 17.3. The van der Waals surface area contributed by atoms with Gasteiger partial charge >= 0.3 is 0 Å². The molecule has 130 valence electrons. The van der Waals surface area contributed by atoms with E-state index < -0.39 is 5.82 Å². The van der Waals surface area contributed by atoms with Crippen molar-refractivity contribution in [3.05, 3.63) is 29.2 Å². The molecule has 0 spiro atoms. The quantitative estimate of drug-likeness (QED) is 0.742. The predicted molar refractivity (Wildman–Crippen MR) is 90.3 cm³/mol. The Balaban J connectivity index is 1.77. The molecule has 0 radical (unpaired) electrons. The fourth-order valence-electron chi connectivity index (χ4n) is 2.91. The standard InChI is InChI=1S/C16H15ClFN5O2/c1-23-15(13-10(18)4-8(17)5-11(13)24)22-14-16(23)20-7-12(21-14)25-9-2-3-19-6-9/h4-5,7,9,19,24H,2-3,6H2,1H3/t9-/m1/s1. The highest BCUT2D eigenvalue weighted by molar-refractivity contribution is 6.30. The Morgan fingerprint density at radius 3 is 2.96 bits per heavy atom. The second-order valence-electron chi connectivity index (χ2n) is 5.86. The molecular weight excluding hydrogens is 349 g/mol. The number of aromatic nitrogens is 4. The largest absolute Gasteiger partial charge is 0.507 e. The van der Waals surface area contributed by atoms with Crippen LogP contribution in [0.5, 0.6) is 11.6 Å². The first-order chi connectivity index (χ1) is 12.0. The van der Waals surface area contributed by atoms with Gasteiger partial charge in [-0.25, -0.2) is 14.4 Å². The molecule has 3 aromatic rings. The van der Waals surface area contributed by atoms with Crippen LogP contribution in [0.4, 0.5) is 4.39 Å². The number of imidazole rings is 1. The summed E-state index contributed by atoms with van der Waals surface area (Å²) in [4.78, 5) is 13.0. The van der Waals surface area contributed by atoms with Gasteiger partial charge in [0.15, 0.2) is 11.5 Å². The first kappa shape index (κ1) is 16.0. The Hall–Kier alpha value is -2.45. The Kier molecular flexibility index (Phi) is 3.93. The summed E-state index contributed by atoms with van der Waals surface area (Å²) in [5, 5.41) is 13.4. The van der Waals surface area contributed by atoms with Crippen molar-refractivity contribution in [2.45, 2.75) is 12.5 Å². The summed E-state index contributed by atoms with van der Waals surface area (Å²) in [5.74, 6) is -0.387. The zero-order chi connectivity index (χ0) is 17.6. The maximum atomic E-state index is 14.3. The molecule has 1 aliphatic rings. The molecular formula is C16H15ClFN5O2. The van der Waals surface area contributed by atoms with E-state index in [9.17, 15) is 9.50 Å². The average molecular weight is 364 g/mol. The monoisotopic (exact) mass is 363 g/mol.